The molecule has 0 atom stereocenters. The molecule has 4 aromatic rings. The molecule has 0 radical (unpaired) electrons. The van der Waals surface area contributed by atoms with E-state index in [4.69, 9.17) is 0 Å². The van der Waals surface area contributed by atoms with Gasteiger partial charge in [-0.15, -0.1) is 0 Å². The van der Waals surface area contributed by atoms with Gasteiger partial charge >= 0.3 is 0 Å². The first kappa shape index (κ1) is 31.4. The second-order valence-corrected chi connectivity index (χ2v) is 21.3. The first-order valence-corrected chi connectivity index (χ1v) is 20.4. The molecule has 4 heteroatoms. The lowest BCUT2D eigenvalue weighted by Gasteiger charge is -2.30. The lowest BCUT2D eigenvalue weighted by atomic mass is 10.1. The van der Waals surface area contributed by atoms with E-state index >= 15 is 0 Å². The molecule has 212 valence electrons. The molecule has 4 aromatic carbocycles. The molecular formula is C36H48O2Si2. The van der Waals surface area contributed by atoms with E-state index in [9.17, 15) is 10.2 Å². The molecule has 4 rings (SSSR count). The third-order valence-corrected chi connectivity index (χ3v) is 20.6. The van der Waals surface area contributed by atoms with Gasteiger partial charge in [-0.25, -0.2) is 0 Å². The van der Waals surface area contributed by atoms with E-state index in [2.05, 4.69) is 90.1 Å². The summed E-state index contributed by atoms with van der Waals surface area (Å²) in [4.78, 5) is 0. The van der Waals surface area contributed by atoms with Crippen molar-refractivity contribution in [3.8, 4) is 33.8 Å². The van der Waals surface area contributed by atoms with E-state index in [0.29, 0.717) is 11.5 Å². The van der Waals surface area contributed by atoms with E-state index in [1.54, 1.807) is 6.07 Å². The first-order valence-electron chi connectivity index (χ1n) is 15.1. The van der Waals surface area contributed by atoms with Crippen LogP contribution < -0.4 is 10.4 Å². The highest BCUT2D eigenvalue weighted by Gasteiger charge is 2.32. The third kappa shape index (κ3) is 6.61. The molecule has 0 saturated carbocycles. The molecule has 0 aliphatic heterocycles. The summed E-state index contributed by atoms with van der Waals surface area (Å²) in [6.45, 7) is 13.8. The van der Waals surface area contributed by atoms with Crippen LogP contribution in [-0.4, -0.2) is 26.4 Å². The molecule has 0 amide bonds. The molecular weight excluding hydrogens is 521 g/mol. The fourth-order valence-electron chi connectivity index (χ4n) is 6.24. The summed E-state index contributed by atoms with van der Waals surface area (Å²) < 4.78 is 0. The molecule has 0 saturated heterocycles. The SMILES string of the molecule is CC[Si](CC)(CC)c1cccc(-c2ccccc2)c1O.CC[Si](CC)(CC)c1cccc(-c2ccccc2O)c1. The number of rotatable bonds is 10. The van der Waals surface area contributed by atoms with Crippen LogP contribution in [-0.2, 0) is 0 Å². The van der Waals surface area contributed by atoms with Crippen LogP contribution in [0.15, 0.2) is 97.1 Å². The summed E-state index contributed by atoms with van der Waals surface area (Å²) in [5, 5.41) is 23.6. The normalized spacial score (nSPS) is 11.6. The molecule has 0 heterocycles. The highest BCUT2D eigenvalue weighted by Crippen LogP contribution is 2.32. The predicted octanol–water partition coefficient (Wildman–Crippen LogP) is 9.55. The number of hydrogen-bond acceptors (Lipinski definition) is 2. The Labute approximate surface area is 244 Å². The van der Waals surface area contributed by atoms with Gasteiger partial charge in [-0.1, -0.05) is 174 Å². The average Bonchev–Trinajstić information content (AvgIpc) is 3.01. The van der Waals surface area contributed by atoms with E-state index in [-0.39, 0.29) is 0 Å². The van der Waals surface area contributed by atoms with Crippen molar-refractivity contribution in [3.05, 3.63) is 97.1 Å². The summed E-state index contributed by atoms with van der Waals surface area (Å²) in [6.07, 6.45) is 0. The van der Waals surface area contributed by atoms with Gasteiger partial charge in [0.1, 0.15) is 11.5 Å². The van der Waals surface area contributed by atoms with Crippen LogP contribution in [0.25, 0.3) is 22.3 Å². The Bertz CT molecular complexity index is 1330. The van der Waals surface area contributed by atoms with Crippen molar-refractivity contribution in [3.63, 3.8) is 0 Å². The summed E-state index contributed by atoms with van der Waals surface area (Å²) in [5.74, 6) is 0.873. The number of phenols is 2. The van der Waals surface area contributed by atoms with Crippen molar-refractivity contribution in [1.29, 1.82) is 0 Å². The van der Waals surface area contributed by atoms with Crippen LogP contribution in [0.2, 0.25) is 36.3 Å². The van der Waals surface area contributed by atoms with Gasteiger partial charge < -0.3 is 10.2 Å². The molecule has 40 heavy (non-hydrogen) atoms. The van der Waals surface area contributed by atoms with Gasteiger partial charge in [-0.05, 0) is 22.4 Å². The van der Waals surface area contributed by atoms with Crippen LogP contribution in [0.3, 0.4) is 0 Å². The van der Waals surface area contributed by atoms with Gasteiger partial charge in [-0.2, -0.15) is 0 Å². The maximum atomic E-state index is 10.8. The van der Waals surface area contributed by atoms with Crippen molar-refractivity contribution in [2.24, 2.45) is 0 Å². The minimum Gasteiger partial charge on any atom is -0.507 e. The molecule has 2 nitrogen and oxygen atoms in total. The Morgan fingerprint density at radius 2 is 0.975 bits per heavy atom. The van der Waals surface area contributed by atoms with Crippen molar-refractivity contribution < 1.29 is 10.2 Å². The van der Waals surface area contributed by atoms with Crippen molar-refractivity contribution in [1.82, 2.24) is 0 Å². The zero-order valence-corrected chi connectivity index (χ0v) is 27.4. The number of hydrogen-bond donors (Lipinski definition) is 2. The second-order valence-electron chi connectivity index (χ2n) is 10.8. The zero-order chi connectivity index (χ0) is 29.2. The predicted molar refractivity (Wildman–Crippen MR) is 181 cm³/mol. The van der Waals surface area contributed by atoms with Crippen molar-refractivity contribution >= 4 is 26.5 Å². The van der Waals surface area contributed by atoms with Crippen LogP contribution >= 0.6 is 0 Å². The second kappa shape index (κ2) is 14.5. The van der Waals surface area contributed by atoms with E-state index < -0.39 is 16.1 Å². The van der Waals surface area contributed by atoms with Gasteiger partial charge in [-0.3, -0.25) is 0 Å². The molecule has 0 unspecified atom stereocenters. The van der Waals surface area contributed by atoms with Gasteiger partial charge in [0.25, 0.3) is 0 Å². The summed E-state index contributed by atoms with van der Waals surface area (Å²) >= 11 is 0. The van der Waals surface area contributed by atoms with Gasteiger partial charge in [0.15, 0.2) is 0 Å². The number of phenolic OH excluding ortho intramolecular Hbond substituents is 2. The maximum absolute atomic E-state index is 10.8. The minimum absolute atomic E-state index is 0.362. The van der Waals surface area contributed by atoms with Gasteiger partial charge in [0.05, 0.1) is 16.1 Å². The quantitative estimate of drug-likeness (QED) is 0.187. The highest BCUT2D eigenvalue weighted by molar-refractivity contribution is 6.92. The molecule has 0 aromatic heterocycles. The first-order chi connectivity index (χ1) is 19.3. The molecule has 0 aliphatic carbocycles. The Kier molecular flexibility index (Phi) is 11.4. The molecule has 0 bridgehead atoms. The Morgan fingerprint density at radius 3 is 1.55 bits per heavy atom. The Hall–Kier alpha value is -3.09. The topological polar surface area (TPSA) is 40.5 Å². The highest BCUT2D eigenvalue weighted by atomic mass is 28.3. The minimum atomic E-state index is -1.55. The van der Waals surface area contributed by atoms with E-state index in [0.717, 1.165) is 22.3 Å². The van der Waals surface area contributed by atoms with E-state index in [1.165, 1.54) is 46.6 Å². The fourth-order valence-corrected chi connectivity index (χ4v) is 13.6. The third-order valence-electron chi connectivity index (χ3n) is 9.44. The molecule has 0 spiro atoms. The number of aromatic hydroxyl groups is 2. The summed E-state index contributed by atoms with van der Waals surface area (Å²) in [6, 6.07) is 40.2. The molecule has 0 aliphatic rings. The van der Waals surface area contributed by atoms with Gasteiger partial charge in [0, 0.05) is 11.1 Å². The van der Waals surface area contributed by atoms with Crippen molar-refractivity contribution in [2.45, 2.75) is 77.8 Å². The summed E-state index contributed by atoms with van der Waals surface area (Å²) in [5.41, 5.74) is 4.13. The van der Waals surface area contributed by atoms with Crippen LogP contribution in [0.1, 0.15) is 41.5 Å². The number of para-hydroxylation sites is 2. The number of benzene rings is 4. The van der Waals surface area contributed by atoms with Gasteiger partial charge in [0.2, 0.25) is 0 Å². The largest absolute Gasteiger partial charge is 0.507 e. The fraction of sp³-hybridized carbons (Fsp3) is 0.333. The molecule has 0 fully saturated rings. The Balaban J connectivity index is 0.000000220. The monoisotopic (exact) mass is 568 g/mol. The smallest absolute Gasteiger partial charge is 0.123 e. The van der Waals surface area contributed by atoms with Crippen molar-refractivity contribution in [2.75, 3.05) is 0 Å². The van der Waals surface area contributed by atoms with E-state index in [1.807, 2.05) is 42.5 Å². The average molecular weight is 569 g/mol. The van der Waals surface area contributed by atoms with Crippen LogP contribution in [0.5, 0.6) is 11.5 Å². The lowest BCUT2D eigenvalue weighted by molar-refractivity contribution is 0.477. The van der Waals surface area contributed by atoms with Crippen LogP contribution in [0, 0.1) is 0 Å². The molecule has 2 N–H and O–H groups in total. The standard InChI is InChI=1S/2C18H24OSi/c1-4-20(5-2,6-3)16-11-9-10-15(14-16)17-12-7-8-13-18(17)19;1-4-20(5-2,6-3)17-14-10-13-16(18(17)19)15-11-8-7-9-12-15/h2*7-14,19H,4-6H2,1-3H3. The zero-order valence-electron chi connectivity index (χ0n) is 25.4. The van der Waals surface area contributed by atoms with Crippen LogP contribution in [0.4, 0.5) is 0 Å². The Morgan fingerprint density at radius 1 is 0.475 bits per heavy atom. The maximum Gasteiger partial charge on any atom is 0.123 e. The summed E-state index contributed by atoms with van der Waals surface area (Å²) in [7, 11) is -2.91. The lowest BCUT2D eigenvalue weighted by Crippen LogP contribution is -2.45.